The molecule has 0 bridgehead atoms. The second-order valence-electron chi connectivity index (χ2n) is 6.00. The van der Waals surface area contributed by atoms with E-state index < -0.39 is 23.7 Å². The van der Waals surface area contributed by atoms with Crippen LogP contribution >= 0.6 is 27.3 Å². The Morgan fingerprint density at radius 1 is 1.52 bits per heavy atom. The van der Waals surface area contributed by atoms with Gasteiger partial charge in [-0.3, -0.25) is 4.79 Å². The molecule has 2 heterocycles. The van der Waals surface area contributed by atoms with Crippen molar-refractivity contribution in [3.8, 4) is 0 Å². The Labute approximate surface area is 136 Å². The Morgan fingerprint density at radius 2 is 2.14 bits per heavy atom. The van der Waals surface area contributed by atoms with Crippen LogP contribution in [0.3, 0.4) is 0 Å². The Hall–Kier alpha value is -0.920. The van der Waals surface area contributed by atoms with Gasteiger partial charge >= 0.3 is 5.97 Å². The van der Waals surface area contributed by atoms with Crippen molar-refractivity contribution < 1.29 is 19.4 Å². The molecular weight excluding hydrogens is 358 g/mol. The number of thiophene rings is 1. The number of hydrogen-bond donors (Lipinski definition) is 1. The number of rotatable bonds is 2. The zero-order valence-electron chi connectivity index (χ0n) is 12.3. The monoisotopic (exact) mass is 375 g/mol. The maximum Gasteiger partial charge on any atom is 0.335 e. The number of carboxylic acids is 1. The van der Waals surface area contributed by atoms with E-state index in [0.29, 0.717) is 0 Å². The highest BCUT2D eigenvalue weighted by Gasteiger charge is 2.46. The number of aliphatic carboxylic acids is 1. The summed E-state index contributed by atoms with van der Waals surface area (Å²) in [6.45, 7) is 7.45. The van der Waals surface area contributed by atoms with Crippen LogP contribution in [0.1, 0.15) is 36.6 Å². The summed E-state index contributed by atoms with van der Waals surface area (Å²) in [4.78, 5) is 27.3. The van der Waals surface area contributed by atoms with E-state index in [-0.39, 0.29) is 12.5 Å². The number of carbonyl (C=O) groups is 2. The van der Waals surface area contributed by atoms with Crippen molar-refractivity contribution in [1.82, 2.24) is 4.90 Å². The molecule has 1 N–H and O–H groups in total. The molecule has 1 aliphatic heterocycles. The average Bonchev–Trinajstić information content (AvgIpc) is 2.67. The minimum atomic E-state index is -1.05. The molecule has 1 aromatic heterocycles. The zero-order chi connectivity index (χ0) is 15.9. The average molecular weight is 376 g/mol. The van der Waals surface area contributed by atoms with Crippen LogP contribution in [0.4, 0.5) is 0 Å². The summed E-state index contributed by atoms with van der Waals surface area (Å²) in [7, 11) is 0. The van der Waals surface area contributed by atoms with Crippen LogP contribution in [0, 0.1) is 6.92 Å². The lowest BCUT2D eigenvalue weighted by Crippen LogP contribution is -2.58. The van der Waals surface area contributed by atoms with Gasteiger partial charge in [0.2, 0.25) is 5.91 Å². The number of halogens is 1. The molecule has 0 aliphatic carbocycles. The van der Waals surface area contributed by atoms with Crippen LogP contribution in [0.25, 0.3) is 0 Å². The van der Waals surface area contributed by atoms with Crippen molar-refractivity contribution in [1.29, 1.82) is 0 Å². The normalized spacial score (nSPS) is 23.5. The van der Waals surface area contributed by atoms with Crippen molar-refractivity contribution in [3.63, 3.8) is 0 Å². The number of nitrogens with zero attached hydrogens (tertiary/aromatic N) is 1. The van der Waals surface area contributed by atoms with E-state index in [1.165, 1.54) is 11.3 Å². The van der Waals surface area contributed by atoms with Crippen LogP contribution < -0.4 is 0 Å². The summed E-state index contributed by atoms with van der Waals surface area (Å²) in [6.07, 6.45) is -1.05. The highest BCUT2D eigenvalue weighted by atomic mass is 79.9. The van der Waals surface area contributed by atoms with Crippen molar-refractivity contribution in [2.75, 3.05) is 6.61 Å². The highest BCUT2D eigenvalue weighted by Crippen LogP contribution is 2.40. The van der Waals surface area contributed by atoms with Gasteiger partial charge in [0.05, 0.1) is 0 Å². The number of morpholine rings is 1. The summed E-state index contributed by atoms with van der Waals surface area (Å²) in [5.41, 5.74) is -0.483. The lowest BCUT2D eigenvalue weighted by molar-refractivity contribution is -0.179. The number of carboxylic acid groups (broad SMARTS) is 1. The van der Waals surface area contributed by atoms with Gasteiger partial charge in [-0.25, -0.2) is 4.79 Å². The maximum absolute atomic E-state index is 12.3. The summed E-state index contributed by atoms with van der Waals surface area (Å²) >= 11 is 4.92. The first-order valence-electron chi connectivity index (χ1n) is 6.55. The van der Waals surface area contributed by atoms with Crippen molar-refractivity contribution in [2.24, 2.45) is 0 Å². The van der Waals surface area contributed by atoms with Crippen LogP contribution in [0.2, 0.25) is 0 Å². The van der Waals surface area contributed by atoms with Gasteiger partial charge in [-0.15, -0.1) is 11.3 Å². The number of hydrogen-bond acceptors (Lipinski definition) is 4. The molecule has 2 atom stereocenters. The first kappa shape index (κ1) is 16.5. The van der Waals surface area contributed by atoms with Gasteiger partial charge in [-0.05, 0) is 49.7 Å². The fourth-order valence-electron chi connectivity index (χ4n) is 2.51. The predicted molar refractivity (Wildman–Crippen MR) is 83.5 cm³/mol. The van der Waals surface area contributed by atoms with E-state index in [4.69, 9.17) is 4.74 Å². The maximum atomic E-state index is 12.3. The number of aryl methyl sites for hydroxylation is 1. The van der Waals surface area contributed by atoms with Crippen LogP contribution in [0.15, 0.2) is 10.5 Å². The summed E-state index contributed by atoms with van der Waals surface area (Å²) in [6, 6.07) is 1.26. The predicted octanol–water partition coefficient (Wildman–Crippen LogP) is 2.97. The molecule has 1 saturated heterocycles. The third-order valence-corrected chi connectivity index (χ3v) is 5.56. The van der Waals surface area contributed by atoms with Gasteiger partial charge in [0.1, 0.15) is 12.6 Å². The van der Waals surface area contributed by atoms with Crippen molar-refractivity contribution >= 4 is 39.1 Å². The SMILES string of the molecule is Cc1sc(C2C(C(=O)O)OCC(=O)N2C(C)(C)C)cc1Br. The Morgan fingerprint density at radius 3 is 2.57 bits per heavy atom. The second-order valence-corrected chi connectivity index (χ2v) is 8.14. The Balaban J connectivity index is 2.54. The number of ether oxygens (including phenoxy) is 1. The molecule has 1 aliphatic rings. The Kier molecular flexibility index (Phi) is 4.46. The third kappa shape index (κ3) is 3.14. The minimum absolute atomic E-state index is 0.188. The van der Waals surface area contributed by atoms with E-state index in [1.807, 2.05) is 33.8 Å². The summed E-state index contributed by atoms with van der Waals surface area (Å²) < 4.78 is 6.21. The molecule has 0 radical (unpaired) electrons. The fraction of sp³-hybridized carbons (Fsp3) is 0.571. The molecule has 0 aromatic carbocycles. The number of amides is 1. The molecule has 7 heteroatoms. The van der Waals surface area contributed by atoms with Crippen LogP contribution in [0.5, 0.6) is 0 Å². The zero-order valence-corrected chi connectivity index (χ0v) is 14.7. The van der Waals surface area contributed by atoms with Gasteiger partial charge in [0.15, 0.2) is 6.10 Å². The first-order valence-corrected chi connectivity index (χ1v) is 8.16. The third-order valence-electron chi connectivity index (χ3n) is 3.35. The molecule has 1 fully saturated rings. The second kappa shape index (κ2) is 5.70. The van der Waals surface area contributed by atoms with Gasteiger partial charge < -0.3 is 14.7 Å². The molecule has 1 amide bonds. The van der Waals surface area contributed by atoms with E-state index in [9.17, 15) is 14.7 Å². The highest BCUT2D eigenvalue weighted by molar-refractivity contribution is 9.10. The summed E-state index contributed by atoms with van der Waals surface area (Å²) in [5.74, 6) is -1.24. The molecule has 21 heavy (non-hydrogen) atoms. The summed E-state index contributed by atoms with van der Waals surface area (Å²) in [5, 5.41) is 9.45. The smallest absolute Gasteiger partial charge is 0.335 e. The van der Waals surface area contributed by atoms with Crippen molar-refractivity contribution in [2.45, 2.75) is 45.4 Å². The van der Waals surface area contributed by atoms with E-state index in [0.717, 1.165) is 14.2 Å². The fourth-order valence-corrected chi connectivity index (χ4v) is 4.19. The largest absolute Gasteiger partial charge is 0.479 e. The molecule has 2 rings (SSSR count). The van der Waals surface area contributed by atoms with E-state index >= 15 is 0 Å². The molecule has 0 saturated carbocycles. The topological polar surface area (TPSA) is 66.8 Å². The molecular formula is C14H18BrNO4S. The first-order chi connectivity index (χ1) is 9.62. The molecule has 2 unspecified atom stereocenters. The quantitative estimate of drug-likeness (QED) is 0.862. The van der Waals surface area contributed by atoms with Gasteiger partial charge in [0, 0.05) is 19.8 Å². The Bertz CT molecular complexity index is 559. The van der Waals surface area contributed by atoms with E-state index in [2.05, 4.69) is 15.9 Å². The molecule has 116 valence electrons. The lowest BCUT2D eigenvalue weighted by atomic mass is 9.96. The molecule has 1 aromatic rings. The van der Waals surface area contributed by atoms with Gasteiger partial charge in [-0.2, -0.15) is 0 Å². The molecule has 5 nitrogen and oxygen atoms in total. The van der Waals surface area contributed by atoms with Gasteiger partial charge in [0.25, 0.3) is 0 Å². The van der Waals surface area contributed by atoms with Crippen LogP contribution in [-0.4, -0.2) is 40.1 Å². The molecule has 0 spiro atoms. The van der Waals surface area contributed by atoms with Gasteiger partial charge in [-0.1, -0.05) is 0 Å². The standard InChI is InChI=1S/C14H18BrNO4S/c1-7-8(15)5-9(21-7)11-12(13(18)19)20-6-10(17)16(11)14(2,3)4/h5,11-12H,6H2,1-4H3,(H,18,19). The van der Waals surface area contributed by atoms with E-state index in [1.54, 1.807) is 4.90 Å². The lowest BCUT2D eigenvalue weighted by Gasteiger charge is -2.46. The van der Waals surface area contributed by atoms with Crippen molar-refractivity contribution in [3.05, 3.63) is 20.3 Å². The van der Waals surface area contributed by atoms with Crippen LogP contribution in [-0.2, 0) is 14.3 Å². The number of carbonyl (C=O) groups excluding carboxylic acids is 1. The minimum Gasteiger partial charge on any atom is -0.479 e.